The molecule has 0 saturated carbocycles. The molecule has 0 aliphatic heterocycles. The Morgan fingerprint density at radius 2 is 2.07 bits per heavy atom. The Balaban J connectivity index is 3.76. The summed E-state index contributed by atoms with van der Waals surface area (Å²) in [5, 5.41) is 11.2. The molecular weight excluding hydrogens is 182 g/mol. The van der Waals surface area contributed by atoms with Gasteiger partial charge < -0.3 is 15.2 Å². The summed E-state index contributed by atoms with van der Waals surface area (Å²) in [5.41, 5.74) is 0.348. The third-order valence-electron chi connectivity index (χ3n) is 1.35. The maximum absolute atomic E-state index is 11.1. The molecule has 0 aliphatic rings. The lowest BCUT2D eigenvalue weighted by molar-refractivity contribution is 0.0534. The van der Waals surface area contributed by atoms with Gasteiger partial charge in [-0.1, -0.05) is 11.6 Å². The zero-order valence-electron chi connectivity index (χ0n) is 9.26. The smallest absolute Gasteiger partial charge is 0.407 e. The molecule has 0 aliphatic carbocycles. The van der Waals surface area contributed by atoms with Crippen LogP contribution in [0.3, 0.4) is 0 Å². The number of hydrogen-bond acceptors (Lipinski definition) is 3. The van der Waals surface area contributed by atoms with Crippen LogP contribution in [0.4, 0.5) is 4.79 Å². The molecule has 0 unspecified atom stereocenters. The molecule has 0 rings (SSSR count). The minimum atomic E-state index is -0.472. The molecule has 0 aromatic heterocycles. The molecule has 4 nitrogen and oxygen atoms in total. The summed E-state index contributed by atoms with van der Waals surface area (Å²) >= 11 is 0. The van der Waals surface area contributed by atoms with Crippen LogP contribution < -0.4 is 5.32 Å². The van der Waals surface area contributed by atoms with Gasteiger partial charge in [-0.3, -0.25) is 0 Å². The molecule has 0 heterocycles. The number of aliphatic hydroxyl groups excluding tert-OH is 1. The molecule has 0 aromatic carbocycles. The molecule has 0 spiro atoms. The quantitative estimate of drug-likeness (QED) is 0.679. The van der Waals surface area contributed by atoms with Crippen molar-refractivity contribution in [1.29, 1.82) is 0 Å². The average molecular weight is 201 g/mol. The number of hydrogen-bond donors (Lipinski definition) is 2. The van der Waals surface area contributed by atoms with Crippen LogP contribution in [0.2, 0.25) is 0 Å². The van der Waals surface area contributed by atoms with E-state index in [1.807, 2.05) is 0 Å². The third kappa shape index (κ3) is 7.61. The molecule has 1 amide bonds. The molecule has 14 heavy (non-hydrogen) atoms. The first-order valence-electron chi connectivity index (χ1n) is 4.58. The van der Waals surface area contributed by atoms with Crippen molar-refractivity contribution in [3.05, 3.63) is 11.6 Å². The number of nitrogens with one attached hydrogen (secondary N) is 1. The van der Waals surface area contributed by atoms with E-state index < -0.39 is 11.7 Å². The predicted octanol–water partition coefficient (Wildman–Crippen LogP) is 1.45. The molecule has 4 heteroatoms. The minimum absolute atomic E-state index is 0.00992. The minimum Gasteiger partial charge on any atom is -0.444 e. The molecular formula is C10H19NO3. The van der Waals surface area contributed by atoms with Gasteiger partial charge in [-0.2, -0.15) is 0 Å². The lowest BCUT2D eigenvalue weighted by Crippen LogP contribution is -2.32. The number of alkyl carbamates (subject to hydrolysis) is 1. The fourth-order valence-corrected chi connectivity index (χ4v) is 0.687. The lowest BCUT2D eigenvalue weighted by Gasteiger charge is -2.19. The Morgan fingerprint density at radius 3 is 2.50 bits per heavy atom. The zero-order chi connectivity index (χ0) is 11.2. The maximum Gasteiger partial charge on any atom is 0.407 e. The first kappa shape index (κ1) is 13.0. The largest absolute Gasteiger partial charge is 0.444 e. The number of carbonyl (C=O) groups excluding carboxylic acids is 1. The van der Waals surface area contributed by atoms with Crippen LogP contribution in [-0.2, 0) is 4.74 Å². The van der Waals surface area contributed by atoms with Crippen molar-refractivity contribution in [3.63, 3.8) is 0 Å². The lowest BCUT2D eigenvalue weighted by atomic mass is 10.2. The summed E-state index contributed by atoms with van der Waals surface area (Å²) in [5.74, 6) is 0. The second-order valence-electron chi connectivity index (χ2n) is 4.09. The SMILES string of the molecule is CC(=CCNC(=O)OC(C)(C)C)CO. The van der Waals surface area contributed by atoms with Gasteiger partial charge >= 0.3 is 6.09 Å². The Bertz CT molecular complexity index is 216. The fourth-order valence-electron chi connectivity index (χ4n) is 0.687. The monoisotopic (exact) mass is 201 g/mol. The number of carbonyl (C=O) groups is 1. The molecule has 0 atom stereocenters. The standard InChI is InChI=1S/C10H19NO3/c1-8(7-12)5-6-11-9(13)14-10(2,3)4/h5,12H,6-7H2,1-4H3,(H,11,13). The Hall–Kier alpha value is -1.03. The van der Waals surface area contributed by atoms with Crippen LogP contribution in [0.5, 0.6) is 0 Å². The molecule has 0 aromatic rings. The summed E-state index contributed by atoms with van der Waals surface area (Å²) in [6.07, 6.45) is 1.30. The van der Waals surface area contributed by atoms with Gasteiger partial charge in [0, 0.05) is 6.54 Å². The van der Waals surface area contributed by atoms with Crippen molar-refractivity contribution in [2.45, 2.75) is 33.3 Å². The first-order chi connectivity index (χ1) is 6.35. The number of aliphatic hydroxyl groups is 1. The van der Waals surface area contributed by atoms with Crippen molar-refractivity contribution >= 4 is 6.09 Å². The van der Waals surface area contributed by atoms with E-state index in [0.29, 0.717) is 6.54 Å². The molecule has 0 fully saturated rings. The summed E-state index contributed by atoms with van der Waals surface area (Å²) in [6.45, 7) is 7.60. The highest BCUT2D eigenvalue weighted by molar-refractivity contribution is 5.67. The topological polar surface area (TPSA) is 58.6 Å². The van der Waals surface area contributed by atoms with E-state index in [4.69, 9.17) is 9.84 Å². The molecule has 82 valence electrons. The average Bonchev–Trinajstić information content (AvgIpc) is 2.00. The van der Waals surface area contributed by atoms with Gasteiger partial charge in [-0.05, 0) is 27.7 Å². The molecule has 0 radical (unpaired) electrons. The van der Waals surface area contributed by atoms with Gasteiger partial charge in [0.1, 0.15) is 5.60 Å². The van der Waals surface area contributed by atoms with Crippen LogP contribution in [0.25, 0.3) is 0 Å². The maximum atomic E-state index is 11.1. The fraction of sp³-hybridized carbons (Fsp3) is 0.700. The zero-order valence-corrected chi connectivity index (χ0v) is 9.26. The summed E-state index contributed by atoms with van der Waals surface area (Å²) in [4.78, 5) is 11.1. The van der Waals surface area contributed by atoms with E-state index in [-0.39, 0.29) is 6.61 Å². The van der Waals surface area contributed by atoms with E-state index in [1.54, 1.807) is 33.8 Å². The van der Waals surface area contributed by atoms with Crippen LogP contribution in [0.15, 0.2) is 11.6 Å². The van der Waals surface area contributed by atoms with Crippen molar-refractivity contribution in [3.8, 4) is 0 Å². The highest BCUT2D eigenvalue weighted by atomic mass is 16.6. The van der Waals surface area contributed by atoms with E-state index in [1.165, 1.54) is 0 Å². The normalized spacial score (nSPS) is 12.5. The van der Waals surface area contributed by atoms with Crippen LogP contribution >= 0.6 is 0 Å². The second kappa shape index (κ2) is 5.65. The van der Waals surface area contributed by atoms with E-state index in [2.05, 4.69) is 5.32 Å². The van der Waals surface area contributed by atoms with E-state index >= 15 is 0 Å². The van der Waals surface area contributed by atoms with Crippen molar-refractivity contribution in [1.82, 2.24) is 5.32 Å². The Kier molecular flexibility index (Phi) is 5.23. The van der Waals surface area contributed by atoms with Gasteiger partial charge in [0.05, 0.1) is 6.61 Å². The van der Waals surface area contributed by atoms with Crippen LogP contribution in [0.1, 0.15) is 27.7 Å². The van der Waals surface area contributed by atoms with Gasteiger partial charge in [0.2, 0.25) is 0 Å². The Labute approximate surface area is 85.0 Å². The number of amides is 1. The summed E-state index contributed by atoms with van der Waals surface area (Å²) in [6, 6.07) is 0. The third-order valence-corrected chi connectivity index (χ3v) is 1.35. The van der Waals surface area contributed by atoms with E-state index in [9.17, 15) is 4.79 Å². The molecule has 2 N–H and O–H groups in total. The molecule has 0 bridgehead atoms. The van der Waals surface area contributed by atoms with Crippen molar-refractivity contribution < 1.29 is 14.6 Å². The Morgan fingerprint density at radius 1 is 1.50 bits per heavy atom. The van der Waals surface area contributed by atoms with Gasteiger partial charge in [-0.25, -0.2) is 4.79 Å². The predicted molar refractivity (Wildman–Crippen MR) is 55.1 cm³/mol. The summed E-state index contributed by atoms with van der Waals surface area (Å²) in [7, 11) is 0. The van der Waals surface area contributed by atoms with Crippen molar-refractivity contribution in [2.24, 2.45) is 0 Å². The van der Waals surface area contributed by atoms with Gasteiger partial charge in [-0.15, -0.1) is 0 Å². The first-order valence-corrected chi connectivity index (χ1v) is 4.58. The number of ether oxygens (including phenoxy) is 1. The highest BCUT2D eigenvalue weighted by Crippen LogP contribution is 2.06. The van der Waals surface area contributed by atoms with Gasteiger partial charge in [0.15, 0.2) is 0 Å². The van der Waals surface area contributed by atoms with Crippen LogP contribution in [0, 0.1) is 0 Å². The van der Waals surface area contributed by atoms with E-state index in [0.717, 1.165) is 5.57 Å². The van der Waals surface area contributed by atoms with Gasteiger partial charge in [0.25, 0.3) is 0 Å². The van der Waals surface area contributed by atoms with Crippen molar-refractivity contribution in [2.75, 3.05) is 13.2 Å². The highest BCUT2D eigenvalue weighted by Gasteiger charge is 2.14. The van der Waals surface area contributed by atoms with Crippen LogP contribution in [-0.4, -0.2) is 30.0 Å². The molecule has 0 saturated heterocycles. The summed E-state index contributed by atoms with van der Waals surface area (Å²) < 4.78 is 5.01. The number of rotatable bonds is 3. The second-order valence-corrected chi connectivity index (χ2v) is 4.09.